The third-order valence-electron chi connectivity index (χ3n) is 1.60. The van der Waals surface area contributed by atoms with Crippen LogP contribution in [0.1, 0.15) is 34.1 Å². The maximum Gasteiger partial charge on any atom is 0.0700 e. The van der Waals surface area contributed by atoms with Gasteiger partial charge in [-0.1, -0.05) is 20.8 Å². The second-order valence-corrected chi connectivity index (χ2v) is 4.25. The summed E-state index contributed by atoms with van der Waals surface area (Å²) in [5, 5.41) is 17.9. The molecule has 2 atom stereocenters. The zero-order chi connectivity index (χ0) is 9.07. The van der Waals surface area contributed by atoms with E-state index in [1.165, 1.54) is 0 Å². The van der Waals surface area contributed by atoms with Crippen LogP contribution in [0.3, 0.4) is 0 Å². The minimum atomic E-state index is -0.486. The van der Waals surface area contributed by atoms with Gasteiger partial charge in [-0.15, -0.1) is 0 Å². The second kappa shape index (κ2) is 3.73. The van der Waals surface area contributed by atoms with Gasteiger partial charge in [0.05, 0.1) is 18.1 Å². The number of aliphatic hydroxyl groups excluding tert-OH is 1. The van der Waals surface area contributed by atoms with Crippen molar-refractivity contribution < 1.29 is 5.11 Å². The smallest absolute Gasteiger partial charge is 0.0700 e. The van der Waals surface area contributed by atoms with Crippen molar-refractivity contribution in [3.63, 3.8) is 0 Å². The Bertz CT molecular complexity index is 152. The summed E-state index contributed by atoms with van der Waals surface area (Å²) < 4.78 is 0. The van der Waals surface area contributed by atoms with Gasteiger partial charge in [0.2, 0.25) is 0 Å². The number of rotatable bonds is 2. The lowest BCUT2D eigenvalue weighted by Crippen LogP contribution is -2.23. The standard InChI is InChI=1S/C9H17NO/c1-7(6-10)8(11)5-9(2,3)4/h7-8,11H,5H2,1-4H3. The highest BCUT2D eigenvalue weighted by Crippen LogP contribution is 2.23. The van der Waals surface area contributed by atoms with Crippen molar-refractivity contribution in [1.82, 2.24) is 0 Å². The van der Waals surface area contributed by atoms with Gasteiger partial charge in [0, 0.05) is 0 Å². The first-order chi connectivity index (χ1) is 4.87. The first kappa shape index (κ1) is 10.4. The lowest BCUT2D eigenvalue weighted by molar-refractivity contribution is 0.0929. The first-order valence-electron chi connectivity index (χ1n) is 3.94. The molecule has 0 aliphatic heterocycles. The normalized spacial score (nSPS) is 17.1. The van der Waals surface area contributed by atoms with Crippen molar-refractivity contribution in [2.45, 2.75) is 40.2 Å². The highest BCUT2D eigenvalue weighted by atomic mass is 16.3. The van der Waals surface area contributed by atoms with Gasteiger partial charge in [0.15, 0.2) is 0 Å². The Balaban J connectivity index is 3.90. The highest BCUT2D eigenvalue weighted by Gasteiger charge is 2.20. The van der Waals surface area contributed by atoms with Crippen molar-refractivity contribution >= 4 is 0 Å². The molecule has 2 heteroatoms. The summed E-state index contributed by atoms with van der Waals surface area (Å²) in [7, 11) is 0. The van der Waals surface area contributed by atoms with E-state index in [2.05, 4.69) is 20.8 Å². The molecular weight excluding hydrogens is 138 g/mol. The molecule has 1 N–H and O–H groups in total. The lowest BCUT2D eigenvalue weighted by atomic mass is 9.85. The topological polar surface area (TPSA) is 44.0 Å². The van der Waals surface area contributed by atoms with Gasteiger partial charge in [0.1, 0.15) is 0 Å². The van der Waals surface area contributed by atoms with Crippen LogP contribution in [-0.4, -0.2) is 11.2 Å². The van der Waals surface area contributed by atoms with E-state index in [0.717, 1.165) is 0 Å². The number of aliphatic hydroxyl groups is 1. The molecule has 0 saturated heterocycles. The van der Waals surface area contributed by atoms with E-state index >= 15 is 0 Å². The summed E-state index contributed by atoms with van der Waals surface area (Å²) in [6, 6.07) is 2.04. The van der Waals surface area contributed by atoms with E-state index in [1.807, 2.05) is 6.07 Å². The largest absolute Gasteiger partial charge is 0.392 e. The van der Waals surface area contributed by atoms with E-state index in [4.69, 9.17) is 5.26 Å². The van der Waals surface area contributed by atoms with Gasteiger partial charge in [-0.3, -0.25) is 0 Å². The molecule has 0 saturated carbocycles. The number of hydrogen-bond donors (Lipinski definition) is 1. The second-order valence-electron chi connectivity index (χ2n) is 4.25. The van der Waals surface area contributed by atoms with Gasteiger partial charge >= 0.3 is 0 Å². The Labute approximate surface area is 68.8 Å². The monoisotopic (exact) mass is 155 g/mol. The molecule has 0 fully saturated rings. The zero-order valence-electron chi connectivity index (χ0n) is 7.76. The SMILES string of the molecule is CC(C#N)C(O)CC(C)(C)C. The zero-order valence-corrected chi connectivity index (χ0v) is 7.76. The molecule has 0 aromatic carbocycles. The van der Waals surface area contributed by atoms with Crippen molar-refractivity contribution in [1.29, 1.82) is 5.26 Å². The minimum absolute atomic E-state index is 0.102. The average Bonchev–Trinajstić information content (AvgIpc) is 1.82. The third-order valence-corrected chi connectivity index (χ3v) is 1.60. The maximum atomic E-state index is 9.43. The van der Waals surface area contributed by atoms with E-state index < -0.39 is 6.10 Å². The quantitative estimate of drug-likeness (QED) is 0.662. The van der Waals surface area contributed by atoms with Crippen molar-refractivity contribution in [2.75, 3.05) is 0 Å². The van der Waals surface area contributed by atoms with Gasteiger partial charge in [-0.2, -0.15) is 5.26 Å². The summed E-state index contributed by atoms with van der Waals surface area (Å²) in [5.41, 5.74) is 0.102. The summed E-state index contributed by atoms with van der Waals surface area (Å²) >= 11 is 0. The van der Waals surface area contributed by atoms with Crippen LogP contribution in [0.25, 0.3) is 0 Å². The molecule has 0 aromatic rings. The lowest BCUT2D eigenvalue weighted by Gasteiger charge is -2.23. The fourth-order valence-electron chi connectivity index (χ4n) is 0.890. The minimum Gasteiger partial charge on any atom is -0.392 e. The van der Waals surface area contributed by atoms with Gasteiger partial charge < -0.3 is 5.11 Å². The highest BCUT2D eigenvalue weighted by molar-refractivity contribution is 4.86. The molecule has 64 valence electrons. The van der Waals surface area contributed by atoms with Crippen LogP contribution in [-0.2, 0) is 0 Å². The van der Waals surface area contributed by atoms with Crippen LogP contribution in [0, 0.1) is 22.7 Å². The molecule has 2 nitrogen and oxygen atoms in total. The Morgan fingerprint density at radius 3 is 2.18 bits per heavy atom. The van der Waals surface area contributed by atoms with E-state index in [-0.39, 0.29) is 11.3 Å². The summed E-state index contributed by atoms with van der Waals surface area (Å²) in [5.74, 6) is -0.255. The molecule has 0 bridgehead atoms. The van der Waals surface area contributed by atoms with Crippen LogP contribution < -0.4 is 0 Å². The molecule has 0 spiro atoms. The number of nitriles is 1. The molecule has 0 aliphatic rings. The molecule has 0 aromatic heterocycles. The van der Waals surface area contributed by atoms with E-state index in [1.54, 1.807) is 6.92 Å². The maximum absolute atomic E-state index is 9.43. The van der Waals surface area contributed by atoms with Crippen LogP contribution in [0.5, 0.6) is 0 Å². The van der Waals surface area contributed by atoms with Crippen molar-refractivity contribution in [3.8, 4) is 6.07 Å². The molecule has 0 aliphatic carbocycles. The number of hydrogen-bond acceptors (Lipinski definition) is 2. The third kappa shape index (κ3) is 4.80. The molecule has 11 heavy (non-hydrogen) atoms. The van der Waals surface area contributed by atoms with Gasteiger partial charge in [-0.25, -0.2) is 0 Å². The number of nitrogens with zero attached hydrogens (tertiary/aromatic N) is 1. The average molecular weight is 155 g/mol. The fraction of sp³-hybridized carbons (Fsp3) is 0.889. The summed E-state index contributed by atoms with van der Waals surface area (Å²) in [6.45, 7) is 7.91. The summed E-state index contributed by atoms with van der Waals surface area (Å²) in [6.07, 6.45) is 0.196. The Kier molecular flexibility index (Phi) is 3.54. The van der Waals surface area contributed by atoms with Gasteiger partial charge in [0.25, 0.3) is 0 Å². The molecular formula is C9H17NO. The molecule has 0 heterocycles. The molecule has 0 amide bonds. The van der Waals surface area contributed by atoms with E-state index in [9.17, 15) is 5.11 Å². The summed E-state index contributed by atoms with van der Waals surface area (Å²) in [4.78, 5) is 0. The fourth-order valence-corrected chi connectivity index (χ4v) is 0.890. The molecule has 2 unspecified atom stereocenters. The predicted octanol–water partition coefficient (Wildman–Crippen LogP) is 1.94. The van der Waals surface area contributed by atoms with Crippen LogP contribution in [0.2, 0.25) is 0 Å². The van der Waals surface area contributed by atoms with Crippen LogP contribution >= 0.6 is 0 Å². The van der Waals surface area contributed by atoms with Crippen LogP contribution in [0.15, 0.2) is 0 Å². The first-order valence-corrected chi connectivity index (χ1v) is 3.94. The predicted molar refractivity (Wildman–Crippen MR) is 44.9 cm³/mol. The Hall–Kier alpha value is -0.550. The molecule has 0 radical (unpaired) electrons. The molecule has 0 rings (SSSR count). The van der Waals surface area contributed by atoms with Crippen molar-refractivity contribution in [3.05, 3.63) is 0 Å². The van der Waals surface area contributed by atoms with E-state index in [0.29, 0.717) is 6.42 Å². The Morgan fingerprint density at radius 1 is 1.45 bits per heavy atom. The van der Waals surface area contributed by atoms with Gasteiger partial charge in [-0.05, 0) is 18.8 Å². The Morgan fingerprint density at radius 2 is 1.91 bits per heavy atom. The van der Waals surface area contributed by atoms with Crippen molar-refractivity contribution in [2.24, 2.45) is 11.3 Å². The van der Waals surface area contributed by atoms with Crippen LogP contribution in [0.4, 0.5) is 0 Å².